The largest absolute Gasteiger partial charge is 0.507 e. The highest BCUT2D eigenvalue weighted by atomic mass is 16.5. The van der Waals surface area contributed by atoms with Gasteiger partial charge in [-0.05, 0) is 76.2 Å². The smallest absolute Gasteiger partial charge is 0.317 e. The Morgan fingerprint density at radius 3 is 2.45 bits per heavy atom. The summed E-state index contributed by atoms with van der Waals surface area (Å²) in [7, 11) is 0. The number of rotatable bonds is 9. The van der Waals surface area contributed by atoms with Gasteiger partial charge in [0.2, 0.25) is 0 Å². The molecule has 0 saturated carbocycles. The maximum Gasteiger partial charge on any atom is 0.317 e. The Labute approximate surface area is 312 Å². The van der Waals surface area contributed by atoms with E-state index in [0.717, 1.165) is 88.9 Å². The van der Waals surface area contributed by atoms with Gasteiger partial charge in [-0.3, -0.25) is 9.69 Å². The van der Waals surface area contributed by atoms with E-state index in [4.69, 9.17) is 9.26 Å². The molecule has 2 atom stereocenters. The van der Waals surface area contributed by atoms with E-state index in [1.54, 1.807) is 6.07 Å². The zero-order chi connectivity index (χ0) is 36.5. The van der Waals surface area contributed by atoms with Gasteiger partial charge in [-0.2, -0.15) is 0 Å². The summed E-state index contributed by atoms with van der Waals surface area (Å²) >= 11 is 0. The molecule has 8 rings (SSSR count). The van der Waals surface area contributed by atoms with Crippen molar-refractivity contribution in [2.75, 3.05) is 87.2 Å². The molecule has 13 nitrogen and oxygen atoms in total. The molecule has 13 heteroatoms. The van der Waals surface area contributed by atoms with Gasteiger partial charge in [0.1, 0.15) is 11.7 Å². The van der Waals surface area contributed by atoms with Crippen LogP contribution in [-0.2, 0) is 9.53 Å². The van der Waals surface area contributed by atoms with Crippen LogP contribution in [0.15, 0.2) is 52.7 Å². The Morgan fingerprint density at radius 1 is 0.943 bits per heavy atom. The topological polar surface area (TPSA) is 127 Å². The first-order valence-corrected chi connectivity index (χ1v) is 19.8. The summed E-state index contributed by atoms with van der Waals surface area (Å²) in [6.45, 7) is 16.4. The highest BCUT2D eigenvalue weighted by molar-refractivity contribution is 5.78. The van der Waals surface area contributed by atoms with Crippen molar-refractivity contribution in [2.45, 2.75) is 76.9 Å². The third-order valence-electron chi connectivity index (χ3n) is 12.2. The van der Waals surface area contributed by atoms with E-state index in [9.17, 15) is 9.90 Å². The van der Waals surface area contributed by atoms with E-state index >= 15 is 0 Å². The maximum atomic E-state index is 12.6. The molecule has 5 aliphatic heterocycles. The monoisotopic (exact) mass is 725 g/mol. The number of piperazine rings is 1. The second-order valence-corrected chi connectivity index (χ2v) is 15.6. The maximum absolute atomic E-state index is 12.6. The molecule has 7 heterocycles. The summed E-state index contributed by atoms with van der Waals surface area (Å²) in [6.07, 6.45) is 8.32. The van der Waals surface area contributed by atoms with Crippen molar-refractivity contribution < 1.29 is 19.2 Å². The zero-order valence-corrected chi connectivity index (χ0v) is 31.5. The van der Waals surface area contributed by atoms with Crippen molar-refractivity contribution in [3.05, 3.63) is 53.9 Å². The summed E-state index contributed by atoms with van der Waals surface area (Å²) in [6, 6.07) is 13.0. The zero-order valence-electron chi connectivity index (χ0n) is 31.5. The molecule has 2 aromatic heterocycles. The van der Waals surface area contributed by atoms with E-state index in [1.165, 1.54) is 31.6 Å². The quantitative estimate of drug-likeness (QED) is 0.294. The van der Waals surface area contributed by atoms with E-state index in [0.29, 0.717) is 41.8 Å². The van der Waals surface area contributed by atoms with E-state index in [2.05, 4.69) is 57.3 Å². The lowest BCUT2D eigenvalue weighted by molar-refractivity contribution is -0.146. The van der Waals surface area contributed by atoms with Crippen LogP contribution >= 0.6 is 0 Å². The Kier molecular flexibility index (Phi) is 10.5. The lowest BCUT2D eigenvalue weighted by Gasteiger charge is -2.48. The van der Waals surface area contributed by atoms with Gasteiger partial charge in [0.25, 0.3) is 0 Å². The number of likely N-dealkylation sites (tertiary alicyclic amines) is 1. The van der Waals surface area contributed by atoms with Crippen molar-refractivity contribution in [1.82, 2.24) is 30.1 Å². The number of aromatic nitrogens is 3. The fraction of sp³-hybridized carbons (Fsp3) is 0.600. The highest BCUT2D eigenvalue weighted by Gasteiger charge is 2.36. The Balaban J connectivity index is 0.796. The van der Waals surface area contributed by atoms with Crippen LogP contribution in [-0.4, -0.2) is 131 Å². The molecule has 0 spiro atoms. The number of anilines is 3. The number of piperidine rings is 2. The molecule has 5 aliphatic rings. The van der Waals surface area contributed by atoms with Crippen molar-refractivity contribution >= 4 is 23.3 Å². The molecule has 1 unspecified atom stereocenters. The van der Waals surface area contributed by atoms with Crippen LogP contribution in [0.25, 0.3) is 11.3 Å². The second kappa shape index (κ2) is 15.5. The van der Waals surface area contributed by atoms with Crippen molar-refractivity contribution in [3.8, 4) is 17.0 Å². The van der Waals surface area contributed by atoms with Gasteiger partial charge in [0.15, 0.2) is 17.4 Å². The number of para-hydroxylation sites is 1. The van der Waals surface area contributed by atoms with Crippen LogP contribution in [0.3, 0.4) is 0 Å². The van der Waals surface area contributed by atoms with Crippen molar-refractivity contribution in [1.29, 1.82) is 0 Å². The molecule has 0 amide bonds. The predicted octanol–water partition coefficient (Wildman–Crippen LogP) is 4.78. The number of phenolic OH excluding ortho intramolecular Hbond substituents is 1. The fourth-order valence-corrected chi connectivity index (χ4v) is 9.26. The first-order chi connectivity index (χ1) is 25.9. The molecule has 3 saturated heterocycles. The van der Waals surface area contributed by atoms with Gasteiger partial charge in [0, 0.05) is 81.8 Å². The number of carbonyl (C=O) groups excluding carboxylic acids is 1. The van der Waals surface area contributed by atoms with Crippen LogP contribution < -0.4 is 15.1 Å². The number of ether oxygens (including phenoxy) is 1. The minimum absolute atomic E-state index is 0.0750. The minimum Gasteiger partial charge on any atom is -0.507 e. The van der Waals surface area contributed by atoms with Crippen LogP contribution in [0.4, 0.5) is 17.3 Å². The van der Waals surface area contributed by atoms with Gasteiger partial charge < -0.3 is 39.3 Å². The molecule has 1 aromatic carbocycles. The molecular formula is C40H55N9O4. The third-order valence-corrected chi connectivity index (χ3v) is 12.2. The van der Waals surface area contributed by atoms with Gasteiger partial charge >= 0.3 is 5.97 Å². The van der Waals surface area contributed by atoms with Crippen LogP contribution in [0.5, 0.6) is 5.75 Å². The number of aromatic hydroxyl groups is 1. The number of esters is 1. The van der Waals surface area contributed by atoms with Crippen LogP contribution in [0.2, 0.25) is 0 Å². The van der Waals surface area contributed by atoms with Crippen molar-refractivity contribution in [3.63, 3.8) is 0 Å². The van der Waals surface area contributed by atoms with E-state index in [1.807, 2.05) is 45.0 Å². The van der Waals surface area contributed by atoms with Crippen LogP contribution in [0.1, 0.15) is 64.6 Å². The standard InChI is InChI=1S/C40H55N9O4/c1-4-52-40(51)38(27(2)3)36-24-37(44-53-36)47-19-13-29(14-20-47)45-15-9-28(10-16-45)46-17-11-30(12-18-46)48-21-22-49-31(26-48)25-41-39-34(49)23-33(42-43-39)32-7-5-6-8-35(32)50/h5-8,11,23-24,27-29,31,38,50H,4,9-10,12-22,25-26H2,1-3H3,(H,41,43)/t31-,38?/m0/s1. The molecule has 2 N–H and O–H groups in total. The average Bonchev–Trinajstić information content (AvgIpc) is 3.67. The molecule has 53 heavy (non-hydrogen) atoms. The molecule has 284 valence electrons. The fourth-order valence-electron chi connectivity index (χ4n) is 9.26. The summed E-state index contributed by atoms with van der Waals surface area (Å²) < 4.78 is 11.0. The number of nitrogens with zero attached hydrogens (tertiary/aromatic N) is 8. The highest BCUT2D eigenvalue weighted by Crippen LogP contribution is 2.37. The number of nitrogens with one attached hydrogen (secondary N) is 1. The SMILES string of the molecule is CCOC(=O)C(c1cc(N2CCC(N3CCC(N4CC=C(N5CCN6c7cc(-c8ccccc8O)nnc7NC[C@H]6C5)CC4)CC3)CC2)no1)C(C)C. The normalized spacial score (nSPS) is 22.6. The molecule has 0 aliphatic carbocycles. The van der Waals surface area contributed by atoms with Gasteiger partial charge in [-0.1, -0.05) is 37.2 Å². The van der Waals surface area contributed by atoms with Gasteiger partial charge in [-0.15, -0.1) is 10.2 Å². The second-order valence-electron chi connectivity index (χ2n) is 15.6. The van der Waals surface area contributed by atoms with Crippen LogP contribution in [0, 0.1) is 5.92 Å². The van der Waals surface area contributed by atoms with Gasteiger partial charge in [0.05, 0.1) is 24.0 Å². The number of phenols is 1. The molecule has 0 bridgehead atoms. The lowest BCUT2D eigenvalue weighted by atomic mass is 9.93. The lowest BCUT2D eigenvalue weighted by Crippen LogP contribution is -2.58. The Morgan fingerprint density at radius 2 is 1.72 bits per heavy atom. The van der Waals surface area contributed by atoms with E-state index in [-0.39, 0.29) is 17.6 Å². The number of hydrogen-bond donors (Lipinski definition) is 2. The number of fused-ring (bicyclic) bond motifs is 3. The third kappa shape index (κ3) is 7.42. The number of carbonyl (C=O) groups is 1. The molecule has 3 fully saturated rings. The first-order valence-electron chi connectivity index (χ1n) is 19.8. The summed E-state index contributed by atoms with van der Waals surface area (Å²) in [4.78, 5) is 25.4. The summed E-state index contributed by atoms with van der Waals surface area (Å²) in [5, 5.41) is 27.2. The van der Waals surface area contributed by atoms with Crippen molar-refractivity contribution in [2.24, 2.45) is 5.92 Å². The molecule has 0 radical (unpaired) electrons. The Hall–Kier alpha value is -4.36. The average molecular weight is 726 g/mol. The minimum atomic E-state index is -0.426. The van der Waals surface area contributed by atoms with E-state index < -0.39 is 5.92 Å². The summed E-state index contributed by atoms with van der Waals surface area (Å²) in [5.41, 5.74) is 3.98. The number of benzene rings is 1. The first kappa shape index (κ1) is 35.7. The molecule has 3 aromatic rings. The Bertz CT molecular complexity index is 1760. The number of hydrogen-bond acceptors (Lipinski definition) is 13. The van der Waals surface area contributed by atoms with Gasteiger partial charge in [-0.25, -0.2) is 0 Å². The summed E-state index contributed by atoms with van der Waals surface area (Å²) in [5.74, 6) is 1.89. The predicted molar refractivity (Wildman–Crippen MR) is 205 cm³/mol. The molecular weight excluding hydrogens is 670 g/mol.